The lowest BCUT2D eigenvalue weighted by molar-refractivity contribution is -0.137. The predicted octanol–water partition coefficient (Wildman–Crippen LogP) is 3.73. The van der Waals surface area contributed by atoms with Crippen LogP contribution in [0.1, 0.15) is 18.9 Å². The molecule has 1 aromatic carbocycles. The maximum atomic E-state index is 12.3. The third kappa shape index (κ3) is 5.70. The number of amides is 1. The molecule has 0 fully saturated rings. The van der Waals surface area contributed by atoms with Gasteiger partial charge in [0, 0.05) is 35.3 Å². The molecule has 0 heterocycles. The molecule has 22 heavy (non-hydrogen) atoms. The Bertz CT molecular complexity index is 558. The minimum atomic E-state index is -0.541. The molecule has 0 aliphatic rings. The van der Waals surface area contributed by atoms with Crippen molar-refractivity contribution in [1.82, 2.24) is 0 Å². The number of benzene rings is 1. The number of alkyl halides is 1. The maximum Gasteiger partial charge on any atom is 0.330 e. The number of carbonyl (C=O) groups excluding carboxylic acids is 2. The van der Waals surface area contributed by atoms with Gasteiger partial charge in [0.25, 0.3) is 5.91 Å². The Morgan fingerprint density at radius 2 is 2.05 bits per heavy atom. The molecule has 0 unspecified atom stereocenters. The van der Waals surface area contributed by atoms with E-state index >= 15 is 0 Å². The number of ether oxygens (including phenoxy) is 1. The number of carbonyl (C=O) groups is 2. The first-order chi connectivity index (χ1) is 10.5. The molecule has 0 atom stereocenters. The second kappa shape index (κ2) is 9.49. The number of hydrogen-bond donors (Lipinski definition) is 0. The highest BCUT2D eigenvalue weighted by Gasteiger charge is 2.14. The molecule has 4 nitrogen and oxygen atoms in total. The van der Waals surface area contributed by atoms with E-state index in [-0.39, 0.29) is 12.5 Å². The number of esters is 1. The van der Waals surface area contributed by atoms with E-state index in [1.807, 2.05) is 13.0 Å². The zero-order chi connectivity index (χ0) is 16.5. The van der Waals surface area contributed by atoms with Crippen molar-refractivity contribution in [1.29, 1.82) is 0 Å². The first-order valence-electron chi connectivity index (χ1n) is 6.98. The van der Waals surface area contributed by atoms with Crippen LogP contribution >= 0.6 is 23.2 Å². The summed E-state index contributed by atoms with van der Waals surface area (Å²) < 4.78 is 4.76. The Kier molecular flexibility index (Phi) is 7.99. The van der Waals surface area contributed by atoms with Crippen molar-refractivity contribution >= 4 is 40.8 Å². The third-order valence-corrected chi connectivity index (χ3v) is 3.57. The second-order valence-corrected chi connectivity index (χ2v) is 5.34. The van der Waals surface area contributed by atoms with Gasteiger partial charge in [0.05, 0.1) is 6.61 Å². The molecule has 0 saturated carbocycles. The predicted molar refractivity (Wildman–Crippen MR) is 89.7 cm³/mol. The average molecular weight is 344 g/mol. The van der Waals surface area contributed by atoms with Crippen LogP contribution in [0.25, 0.3) is 0 Å². The van der Waals surface area contributed by atoms with Gasteiger partial charge in [-0.3, -0.25) is 4.79 Å². The lowest BCUT2D eigenvalue weighted by atomic mass is 10.2. The van der Waals surface area contributed by atoms with E-state index in [9.17, 15) is 9.59 Å². The summed E-state index contributed by atoms with van der Waals surface area (Å²) in [4.78, 5) is 25.2. The van der Waals surface area contributed by atoms with E-state index in [0.29, 0.717) is 29.6 Å². The van der Waals surface area contributed by atoms with Gasteiger partial charge in [-0.2, -0.15) is 0 Å². The monoisotopic (exact) mass is 343 g/mol. The van der Waals surface area contributed by atoms with Crippen LogP contribution in [0.3, 0.4) is 0 Å². The molecular formula is C16H19Cl2NO3. The van der Waals surface area contributed by atoms with Crippen molar-refractivity contribution in [3.63, 3.8) is 0 Å². The smallest absolute Gasteiger partial charge is 0.330 e. The first kappa shape index (κ1) is 18.5. The van der Waals surface area contributed by atoms with Crippen molar-refractivity contribution < 1.29 is 14.3 Å². The lowest BCUT2D eigenvalue weighted by Crippen LogP contribution is -2.30. The average Bonchev–Trinajstić information content (AvgIpc) is 2.49. The molecular weight excluding hydrogens is 325 g/mol. The molecule has 0 aliphatic heterocycles. The topological polar surface area (TPSA) is 46.6 Å². The number of anilines is 1. The van der Waals surface area contributed by atoms with Crippen LogP contribution in [0.2, 0.25) is 5.02 Å². The van der Waals surface area contributed by atoms with Gasteiger partial charge < -0.3 is 9.64 Å². The zero-order valence-electron chi connectivity index (χ0n) is 12.6. The molecule has 0 aromatic heterocycles. The van der Waals surface area contributed by atoms with E-state index in [1.165, 1.54) is 6.08 Å². The highest BCUT2D eigenvalue weighted by Crippen LogP contribution is 2.23. The Morgan fingerprint density at radius 1 is 1.32 bits per heavy atom. The Morgan fingerprint density at radius 3 is 2.64 bits per heavy atom. The van der Waals surface area contributed by atoms with Crippen molar-refractivity contribution in [2.45, 2.75) is 20.3 Å². The Balaban J connectivity index is 2.93. The lowest BCUT2D eigenvalue weighted by Gasteiger charge is -2.21. The van der Waals surface area contributed by atoms with E-state index in [4.69, 9.17) is 27.9 Å². The summed E-state index contributed by atoms with van der Waals surface area (Å²) in [6, 6.07) is 5.33. The number of hydrogen-bond acceptors (Lipinski definition) is 3. The molecule has 0 radical (unpaired) electrons. The normalized spacial score (nSPS) is 10.7. The van der Waals surface area contributed by atoms with Gasteiger partial charge in [0.2, 0.25) is 0 Å². The summed E-state index contributed by atoms with van der Waals surface area (Å²) >= 11 is 11.7. The van der Waals surface area contributed by atoms with Crippen molar-refractivity contribution in [3.8, 4) is 0 Å². The van der Waals surface area contributed by atoms with Crippen LogP contribution in [0.15, 0.2) is 30.4 Å². The molecule has 120 valence electrons. The SMILES string of the molecule is CCOC(=O)/C=C/C(=O)N(CCCCl)c1ccc(Cl)c(C)c1. The molecule has 0 saturated heterocycles. The minimum absolute atomic E-state index is 0.268. The summed E-state index contributed by atoms with van der Waals surface area (Å²) in [6.45, 7) is 4.29. The van der Waals surface area contributed by atoms with Crippen LogP contribution in [-0.4, -0.2) is 30.9 Å². The van der Waals surface area contributed by atoms with Crippen molar-refractivity contribution in [2.75, 3.05) is 23.9 Å². The van der Waals surface area contributed by atoms with Crippen LogP contribution < -0.4 is 4.90 Å². The van der Waals surface area contributed by atoms with Crippen LogP contribution in [0.5, 0.6) is 0 Å². The van der Waals surface area contributed by atoms with Gasteiger partial charge in [-0.15, -0.1) is 11.6 Å². The van der Waals surface area contributed by atoms with Gasteiger partial charge in [0.1, 0.15) is 0 Å². The van der Waals surface area contributed by atoms with Crippen LogP contribution in [0.4, 0.5) is 5.69 Å². The Labute approximate surface area is 140 Å². The molecule has 1 amide bonds. The third-order valence-electron chi connectivity index (χ3n) is 2.88. The zero-order valence-corrected chi connectivity index (χ0v) is 14.2. The molecule has 0 spiro atoms. The van der Waals surface area contributed by atoms with Gasteiger partial charge >= 0.3 is 5.97 Å². The second-order valence-electron chi connectivity index (χ2n) is 4.55. The maximum absolute atomic E-state index is 12.3. The van der Waals surface area contributed by atoms with E-state index in [2.05, 4.69) is 0 Å². The molecule has 1 rings (SSSR count). The quantitative estimate of drug-likeness (QED) is 0.430. The minimum Gasteiger partial charge on any atom is -0.463 e. The molecule has 0 N–H and O–H groups in total. The highest BCUT2D eigenvalue weighted by atomic mass is 35.5. The molecule has 1 aromatic rings. The van der Waals surface area contributed by atoms with Crippen LogP contribution in [0, 0.1) is 6.92 Å². The van der Waals surface area contributed by atoms with Gasteiger partial charge in [-0.25, -0.2) is 4.79 Å². The molecule has 6 heteroatoms. The fourth-order valence-electron chi connectivity index (χ4n) is 1.80. The molecule has 0 aliphatic carbocycles. The number of aryl methyl sites for hydroxylation is 1. The van der Waals surface area contributed by atoms with Crippen LogP contribution in [-0.2, 0) is 14.3 Å². The highest BCUT2D eigenvalue weighted by molar-refractivity contribution is 6.31. The summed E-state index contributed by atoms with van der Waals surface area (Å²) in [5.74, 6) is -0.405. The number of nitrogens with zero attached hydrogens (tertiary/aromatic N) is 1. The molecule has 0 bridgehead atoms. The van der Waals surface area contributed by atoms with Crippen molar-refractivity contribution in [2.24, 2.45) is 0 Å². The first-order valence-corrected chi connectivity index (χ1v) is 7.89. The van der Waals surface area contributed by atoms with Gasteiger partial charge in [-0.05, 0) is 44.0 Å². The summed E-state index contributed by atoms with van der Waals surface area (Å²) in [5.41, 5.74) is 1.59. The van der Waals surface area contributed by atoms with Gasteiger partial charge in [0.15, 0.2) is 0 Å². The van der Waals surface area contributed by atoms with E-state index in [0.717, 1.165) is 11.6 Å². The summed E-state index contributed by atoms with van der Waals surface area (Å²) in [7, 11) is 0. The van der Waals surface area contributed by atoms with E-state index < -0.39 is 5.97 Å². The Hall–Kier alpha value is -1.52. The fourth-order valence-corrected chi connectivity index (χ4v) is 2.04. The largest absolute Gasteiger partial charge is 0.463 e. The van der Waals surface area contributed by atoms with Gasteiger partial charge in [-0.1, -0.05) is 11.6 Å². The number of halogens is 2. The summed E-state index contributed by atoms with van der Waals surface area (Å²) in [6.07, 6.45) is 2.97. The summed E-state index contributed by atoms with van der Waals surface area (Å²) in [5, 5.41) is 0.635. The van der Waals surface area contributed by atoms with Crippen molar-refractivity contribution in [3.05, 3.63) is 40.9 Å². The fraction of sp³-hybridized carbons (Fsp3) is 0.375. The van der Waals surface area contributed by atoms with E-state index in [1.54, 1.807) is 24.0 Å². The number of rotatable bonds is 7. The standard InChI is InChI=1S/C16H19Cl2NO3/c1-3-22-16(21)8-7-15(20)19(10-4-9-17)13-5-6-14(18)12(2)11-13/h5-8,11H,3-4,9-10H2,1-2H3/b8-7+.